The molecule has 0 saturated carbocycles. The van der Waals surface area contributed by atoms with E-state index in [-0.39, 0.29) is 5.78 Å². The molecule has 0 atom stereocenters. The van der Waals surface area contributed by atoms with E-state index in [4.69, 9.17) is 0 Å². The van der Waals surface area contributed by atoms with E-state index in [0.29, 0.717) is 6.42 Å². The second-order valence-corrected chi connectivity index (χ2v) is 4.86. The Morgan fingerprint density at radius 3 is 2.47 bits per heavy atom. The van der Waals surface area contributed by atoms with E-state index in [9.17, 15) is 4.79 Å². The van der Waals surface area contributed by atoms with Crippen molar-refractivity contribution in [1.82, 2.24) is 4.90 Å². The zero-order valence-corrected chi connectivity index (χ0v) is 12.4. The molecule has 1 aromatic rings. The molecule has 1 aromatic carbocycles. The van der Waals surface area contributed by atoms with Crippen molar-refractivity contribution in [2.45, 2.75) is 40.7 Å². The molecular formula is C16H24N2O. The molecule has 0 spiro atoms. The number of benzene rings is 1. The Labute approximate surface area is 116 Å². The molecule has 0 fully saturated rings. The summed E-state index contributed by atoms with van der Waals surface area (Å²) in [5.41, 5.74) is 3.07. The summed E-state index contributed by atoms with van der Waals surface area (Å²) in [6.45, 7) is 10.9. The number of nitrogens with zero attached hydrogens (tertiary/aromatic N) is 2. The number of hydrogen-bond donors (Lipinski definition) is 0. The van der Waals surface area contributed by atoms with Crippen molar-refractivity contribution >= 4 is 17.2 Å². The maximum atomic E-state index is 11.0. The lowest BCUT2D eigenvalue weighted by Gasteiger charge is -2.18. The molecule has 0 radical (unpaired) electrons. The van der Waals surface area contributed by atoms with E-state index in [1.807, 2.05) is 19.1 Å². The van der Waals surface area contributed by atoms with Gasteiger partial charge in [0.25, 0.3) is 0 Å². The third-order valence-corrected chi connectivity index (χ3v) is 3.04. The monoisotopic (exact) mass is 260 g/mol. The second kappa shape index (κ2) is 7.85. The smallest absolute Gasteiger partial charge is 0.135 e. The van der Waals surface area contributed by atoms with Crippen LogP contribution in [0, 0.1) is 0 Å². The fourth-order valence-corrected chi connectivity index (χ4v) is 2.05. The third-order valence-electron chi connectivity index (χ3n) is 3.04. The first-order chi connectivity index (χ1) is 9.05. The molecule has 104 valence electrons. The summed E-state index contributed by atoms with van der Waals surface area (Å²) >= 11 is 0. The normalized spacial score (nSPS) is 11.9. The molecule has 0 N–H and O–H groups in total. The van der Waals surface area contributed by atoms with Gasteiger partial charge in [-0.05, 0) is 44.6 Å². The minimum Gasteiger partial charge on any atom is -0.300 e. The maximum absolute atomic E-state index is 11.0. The number of ketones is 1. The highest BCUT2D eigenvalue weighted by atomic mass is 16.1. The predicted molar refractivity (Wildman–Crippen MR) is 81.1 cm³/mol. The number of Topliss-reactive ketones (excluding diaryl/α,β-unsaturated/α-hetero) is 1. The number of rotatable bonds is 7. The van der Waals surface area contributed by atoms with Gasteiger partial charge in [0, 0.05) is 18.7 Å². The van der Waals surface area contributed by atoms with Crippen molar-refractivity contribution < 1.29 is 4.79 Å². The predicted octanol–water partition coefficient (Wildman–Crippen LogP) is 3.60. The van der Waals surface area contributed by atoms with Gasteiger partial charge in [-0.3, -0.25) is 14.7 Å². The Kier molecular flexibility index (Phi) is 6.43. The van der Waals surface area contributed by atoms with Crippen LogP contribution in [0.1, 0.15) is 39.7 Å². The highest BCUT2D eigenvalue weighted by molar-refractivity contribution is 6.00. The zero-order chi connectivity index (χ0) is 14.3. The lowest BCUT2D eigenvalue weighted by molar-refractivity contribution is -0.115. The number of aliphatic imine (C=N–C) groups is 1. The van der Waals surface area contributed by atoms with Crippen LogP contribution in [0.15, 0.2) is 29.3 Å². The van der Waals surface area contributed by atoms with Crippen molar-refractivity contribution in [3.63, 3.8) is 0 Å². The van der Waals surface area contributed by atoms with Gasteiger partial charge < -0.3 is 0 Å². The minimum atomic E-state index is 0.153. The van der Waals surface area contributed by atoms with Gasteiger partial charge in [0.05, 0.1) is 5.69 Å². The molecule has 0 aliphatic heterocycles. The average Bonchev–Trinajstić information content (AvgIpc) is 2.35. The van der Waals surface area contributed by atoms with E-state index >= 15 is 0 Å². The van der Waals surface area contributed by atoms with Gasteiger partial charge in [-0.2, -0.15) is 0 Å². The summed E-state index contributed by atoms with van der Waals surface area (Å²) < 4.78 is 0. The Bertz CT molecular complexity index is 448. The Morgan fingerprint density at radius 1 is 1.21 bits per heavy atom. The molecule has 0 unspecified atom stereocenters. The highest BCUT2D eigenvalue weighted by Gasteiger charge is 2.02. The fourth-order valence-electron chi connectivity index (χ4n) is 2.05. The van der Waals surface area contributed by atoms with Crippen LogP contribution in [0.25, 0.3) is 0 Å². The summed E-state index contributed by atoms with van der Waals surface area (Å²) in [6.07, 6.45) is 0.431. The van der Waals surface area contributed by atoms with E-state index in [1.165, 1.54) is 5.56 Å². The van der Waals surface area contributed by atoms with Gasteiger partial charge in [-0.1, -0.05) is 26.0 Å². The second-order valence-electron chi connectivity index (χ2n) is 4.86. The first kappa shape index (κ1) is 15.6. The van der Waals surface area contributed by atoms with Crippen LogP contribution in [-0.4, -0.2) is 29.5 Å². The molecule has 1 rings (SSSR count). The first-order valence-corrected chi connectivity index (χ1v) is 6.90. The molecule has 3 nitrogen and oxygen atoms in total. The molecule has 0 bridgehead atoms. The summed E-state index contributed by atoms with van der Waals surface area (Å²) in [4.78, 5) is 17.9. The molecule has 0 aromatic heterocycles. The van der Waals surface area contributed by atoms with Crippen molar-refractivity contribution in [2.24, 2.45) is 4.99 Å². The molecular weight excluding hydrogens is 236 g/mol. The van der Waals surface area contributed by atoms with Gasteiger partial charge >= 0.3 is 0 Å². The van der Waals surface area contributed by atoms with E-state index < -0.39 is 0 Å². The van der Waals surface area contributed by atoms with Crippen molar-refractivity contribution in [2.75, 3.05) is 13.1 Å². The lowest BCUT2D eigenvalue weighted by atomic mass is 10.1. The van der Waals surface area contributed by atoms with Crippen LogP contribution >= 0.6 is 0 Å². The Balaban J connectivity index is 2.79. The lowest BCUT2D eigenvalue weighted by Crippen LogP contribution is -2.21. The number of carbonyl (C=O) groups is 1. The molecule has 19 heavy (non-hydrogen) atoms. The summed E-state index contributed by atoms with van der Waals surface area (Å²) in [7, 11) is 0. The van der Waals surface area contributed by atoms with Crippen LogP contribution in [0.3, 0.4) is 0 Å². The molecule has 3 heteroatoms. The summed E-state index contributed by atoms with van der Waals surface area (Å²) in [5.74, 6) is 0.153. The van der Waals surface area contributed by atoms with Crippen molar-refractivity contribution in [3.05, 3.63) is 29.8 Å². The highest BCUT2D eigenvalue weighted by Crippen LogP contribution is 2.16. The van der Waals surface area contributed by atoms with Crippen LogP contribution < -0.4 is 0 Å². The largest absolute Gasteiger partial charge is 0.300 e. The SMILES string of the molecule is CCN(CC)Cc1cccc(N=C(C)CC(C)=O)c1. The van der Waals surface area contributed by atoms with E-state index in [1.54, 1.807) is 6.92 Å². The van der Waals surface area contributed by atoms with Crippen LogP contribution in [-0.2, 0) is 11.3 Å². The van der Waals surface area contributed by atoms with Crippen molar-refractivity contribution in [3.8, 4) is 0 Å². The van der Waals surface area contributed by atoms with Gasteiger partial charge in [0.1, 0.15) is 5.78 Å². The topological polar surface area (TPSA) is 32.7 Å². The van der Waals surface area contributed by atoms with Crippen LogP contribution in [0.2, 0.25) is 0 Å². The van der Waals surface area contributed by atoms with Gasteiger partial charge in [-0.15, -0.1) is 0 Å². The molecule has 0 aliphatic rings. The first-order valence-electron chi connectivity index (χ1n) is 6.90. The molecule has 0 heterocycles. The van der Waals surface area contributed by atoms with Gasteiger partial charge in [-0.25, -0.2) is 0 Å². The quantitative estimate of drug-likeness (QED) is 0.702. The molecule has 0 amide bonds. The van der Waals surface area contributed by atoms with Gasteiger partial charge in [0.15, 0.2) is 0 Å². The number of carbonyl (C=O) groups excluding carboxylic acids is 1. The molecule has 0 saturated heterocycles. The molecule has 0 aliphatic carbocycles. The minimum absolute atomic E-state index is 0.153. The average molecular weight is 260 g/mol. The van der Waals surface area contributed by atoms with Gasteiger partial charge in [0.2, 0.25) is 0 Å². The Hall–Kier alpha value is -1.48. The fraction of sp³-hybridized carbons (Fsp3) is 0.500. The maximum Gasteiger partial charge on any atom is 0.135 e. The Morgan fingerprint density at radius 2 is 1.89 bits per heavy atom. The third kappa shape index (κ3) is 5.79. The zero-order valence-electron chi connectivity index (χ0n) is 12.4. The number of hydrogen-bond acceptors (Lipinski definition) is 3. The summed E-state index contributed by atoms with van der Waals surface area (Å²) in [5, 5.41) is 0. The van der Waals surface area contributed by atoms with E-state index in [0.717, 1.165) is 31.0 Å². The van der Waals surface area contributed by atoms with Crippen molar-refractivity contribution in [1.29, 1.82) is 0 Å². The van der Waals surface area contributed by atoms with Crippen LogP contribution in [0.4, 0.5) is 5.69 Å². The van der Waals surface area contributed by atoms with Crippen LogP contribution in [0.5, 0.6) is 0 Å². The van der Waals surface area contributed by atoms with E-state index in [2.05, 4.69) is 35.9 Å². The standard InChI is InChI=1S/C16H24N2O/c1-5-18(6-2)12-15-8-7-9-16(11-15)17-13(3)10-14(4)19/h7-9,11H,5-6,10,12H2,1-4H3. The summed E-state index contributed by atoms with van der Waals surface area (Å²) in [6, 6.07) is 8.23.